The molecule has 0 bridgehead atoms. The van der Waals surface area contributed by atoms with Crippen LogP contribution in [0.15, 0.2) is 84.9 Å². The molecule has 204 valence electrons. The maximum atomic E-state index is 13.8. The number of nitrogens with two attached hydrogens (primary N) is 1. The van der Waals surface area contributed by atoms with Crippen molar-refractivity contribution in [1.29, 1.82) is 5.41 Å². The smallest absolute Gasteiger partial charge is 0.317 e. The number of aliphatic carboxylic acids is 1. The fourth-order valence-corrected chi connectivity index (χ4v) is 4.37. The number of nitrogen functional groups attached to an aromatic ring is 1. The second-order valence-electron chi connectivity index (χ2n) is 9.61. The van der Waals surface area contributed by atoms with Crippen molar-refractivity contribution in [3.63, 3.8) is 0 Å². The van der Waals surface area contributed by atoms with Crippen LogP contribution < -0.4 is 21.7 Å². The van der Waals surface area contributed by atoms with Gasteiger partial charge in [-0.1, -0.05) is 98.8 Å². The first kappa shape index (κ1) is 29.1. The van der Waals surface area contributed by atoms with Crippen LogP contribution in [0.1, 0.15) is 42.0 Å². The Bertz CT molecular complexity index is 1220. The van der Waals surface area contributed by atoms with Crippen molar-refractivity contribution in [2.75, 3.05) is 6.54 Å². The first-order valence-electron chi connectivity index (χ1n) is 12.7. The number of carbonyl (C=O) groups excluding carboxylic acids is 2. The third-order valence-corrected chi connectivity index (χ3v) is 6.38. The van der Waals surface area contributed by atoms with Crippen molar-refractivity contribution in [2.45, 2.75) is 38.4 Å². The standard InChI is InChI=1S/C30H35N5O4/c1-19(2)26(33-18-24(36)37)30(39)35-27(29(38)34-17-20-13-15-23(16-14-20)28(31)32)25(21-9-5-3-6-10-21)22-11-7-4-8-12-22/h3-16,19,25-27,33H,17-18H2,1-2H3,(H3,31,32)(H,34,38)(H,35,39)(H,36,37)/t26-,27+/m1/s1. The van der Waals surface area contributed by atoms with Crippen LogP contribution >= 0.6 is 0 Å². The molecule has 0 radical (unpaired) electrons. The molecule has 0 aliphatic rings. The Kier molecular flexibility index (Phi) is 10.3. The van der Waals surface area contributed by atoms with E-state index >= 15 is 0 Å². The van der Waals surface area contributed by atoms with Crippen LogP contribution in [-0.2, 0) is 20.9 Å². The maximum absolute atomic E-state index is 13.8. The molecule has 0 spiro atoms. The van der Waals surface area contributed by atoms with Crippen molar-refractivity contribution in [3.8, 4) is 0 Å². The first-order valence-corrected chi connectivity index (χ1v) is 12.7. The molecule has 0 saturated carbocycles. The number of carboxylic acids is 1. The highest BCUT2D eigenvalue weighted by Crippen LogP contribution is 2.29. The zero-order valence-electron chi connectivity index (χ0n) is 22.1. The van der Waals surface area contributed by atoms with Gasteiger partial charge in [0.1, 0.15) is 11.9 Å². The molecular weight excluding hydrogens is 494 g/mol. The molecule has 39 heavy (non-hydrogen) atoms. The summed E-state index contributed by atoms with van der Waals surface area (Å²) >= 11 is 0. The summed E-state index contributed by atoms with van der Waals surface area (Å²) < 4.78 is 0. The molecule has 2 atom stereocenters. The average molecular weight is 530 g/mol. The zero-order chi connectivity index (χ0) is 28.4. The molecule has 0 heterocycles. The van der Waals surface area contributed by atoms with E-state index < -0.39 is 35.8 Å². The predicted molar refractivity (Wildman–Crippen MR) is 150 cm³/mol. The lowest BCUT2D eigenvalue weighted by atomic mass is 9.84. The number of amidine groups is 1. The summed E-state index contributed by atoms with van der Waals surface area (Å²) in [7, 11) is 0. The molecule has 0 aliphatic carbocycles. The van der Waals surface area contributed by atoms with Crippen LogP contribution in [0.2, 0.25) is 0 Å². The minimum atomic E-state index is -1.08. The Morgan fingerprint density at radius 2 is 1.36 bits per heavy atom. The second-order valence-corrected chi connectivity index (χ2v) is 9.61. The van der Waals surface area contributed by atoms with Crippen LogP contribution in [0.25, 0.3) is 0 Å². The van der Waals surface area contributed by atoms with Gasteiger partial charge in [0.2, 0.25) is 11.8 Å². The Morgan fingerprint density at radius 3 is 1.82 bits per heavy atom. The molecule has 3 aromatic rings. The number of amides is 2. The minimum Gasteiger partial charge on any atom is -0.480 e. The summed E-state index contributed by atoms with van der Waals surface area (Å²) in [5.41, 5.74) is 8.60. The quantitative estimate of drug-likeness (QED) is 0.148. The zero-order valence-corrected chi connectivity index (χ0v) is 22.1. The van der Waals surface area contributed by atoms with Crippen molar-refractivity contribution in [2.24, 2.45) is 11.7 Å². The van der Waals surface area contributed by atoms with E-state index in [9.17, 15) is 14.4 Å². The summed E-state index contributed by atoms with van der Waals surface area (Å²) in [6.45, 7) is 3.43. The summed E-state index contributed by atoms with van der Waals surface area (Å²) in [6, 6.07) is 24.1. The second kappa shape index (κ2) is 13.9. The van der Waals surface area contributed by atoms with E-state index in [2.05, 4.69) is 16.0 Å². The Morgan fingerprint density at radius 1 is 0.821 bits per heavy atom. The normalized spacial score (nSPS) is 12.5. The molecule has 0 aromatic heterocycles. The predicted octanol–water partition coefficient (Wildman–Crippen LogP) is 2.60. The SMILES string of the molecule is CC(C)[C@@H](NCC(=O)O)C(=O)N[C@H](C(=O)NCc1ccc(C(=N)N)cc1)C(c1ccccc1)c1ccccc1. The summed E-state index contributed by atoms with van der Waals surface area (Å²) in [5, 5.41) is 25.3. The highest BCUT2D eigenvalue weighted by atomic mass is 16.4. The Labute approximate surface area is 228 Å². The molecule has 0 fully saturated rings. The van der Waals surface area contributed by atoms with Crippen molar-refractivity contribution < 1.29 is 19.5 Å². The van der Waals surface area contributed by atoms with Gasteiger partial charge in [0, 0.05) is 18.0 Å². The number of hydrogen-bond donors (Lipinski definition) is 6. The molecule has 3 aromatic carbocycles. The van der Waals surface area contributed by atoms with Gasteiger partial charge in [-0.2, -0.15) is 0 Å². The van der Waals surface area contributed by atoms with Gasteiger partial charge in [-0.3, -0.25) is 25.1 Å². The lowest BCUT2D eigenvalue weighted by Gasteiger charge is -2.31. The fraction of sp³-hybridized carbons (Fsp3) is 0.267. The number of benzene rings is 3. The largest absolute Gasteiger partial charge is 0.480 e. The van der Waals surface area contributed by atoms with Gasteiger partial charge in [0.25, 0.3) is 0 Å². The molecule has 0 unspecified atom stereocenters. The number of carboxylic acid groups (broad SMARTS) is 1. The lowest BCUT2D eigenvalue weighted by molar-refractivity contribution is -0.136. The molecule has 0 saturated heterocycles. The van der Waals surface area contributed by atoms with Gasteiger partial charge in [-0.25, -0.2) is 0 Å². The van der Waals surface area contributed by atoms with E-state index in [0.717, 1.165) is 16.7 Å². The monoisotopic (exact) mass is 529 g/mol. The Hall–Kier alpha value is -4.50. The average Bonchev–Trinajstić information content (AvgIpc) is 2.92. The van der Waals surface area contributed by atoms with Gasteiger partial charge in [-0.05, 0) is 22.6 Å². The fourth-order valence-electron chi connectivity index (χ4n) is 4.37. The van der Waals surface area contributed by atoms with Crippen molar-refractivity contribution in [3.05, 3.63) is 107 Å². The third kappa shape index (κ3) is 8.24. The number of rotatable bonds is 13. The third-order valence-electron chi connectivity index (χ3n) is 6.38. The molecule has 3 rings (SSSR count). The van der Waals surface area contributed by atoms with E-state index in [0.29, 0.717) is 5.56 Å². The molecule has 9 nitrogen and oxygen atoms in total. The van der Waals surface area contributed by atoms with E-state index in [1.54, 1.807) is 24.3 Å². The molecule has 7 N–H and O–H groups in total. The topological polar surface area (TPSA) is 157 Å². The van der Waals surface area contributed by atoms with Crippen LogP contribution in [0.4, 0.5) is 0 Å². The molecule has 2 amide bonds. The van der Waals surface area contributed by atoms with Crippen molar-refractivity contribution >= 4 is 23.6 Å². The summed E-state index contributed by atoms with van der Waals surface area (Å²) in [4.78, 5) is 38.4. The number of hydrogen-bond acceptors (Lipinski definition) is 5. The summed E-state index contributed by atoms with van der Waals surface area (Å²) in [6.07, 6.45) is 0. The van der Waals surface area contributed by atoms with Gasteiger partial charge >= 0.3 is 5.97 Å². The van der Waals surface area contributed by atoms with Gasteiger partial charge < -0.3 is 21.5 Å². The van der Waals surface area contributed by atoms with E-state index in [1.807, 2.05) is 74.5 Å². The highest BCUT2D eigenvalue weighted by molar-refractivity contribution is 5.95. The van der Waals surface area contributed by atoms with Crippen LogP contribution in [0.3, 0.4) is 0 Å². The first-order chi connectivity index (χ1) is 18.7. The van der Waals surface area contributed by atoms with Crippen LogP contribution in [0, 0.1) is 11.3 Å². The molecular formula is C30H35N5O4. The molecule has 0 aliphatic heterocycles. The van der Waals surface area contributed by atoms with Gasteiger partial charge in [0.05, 0.1) is 12.6 Å². The van der Waals surface area contributed by atoms with Crippen LogP contribution in [-0.4, -0.2) is 47.4 Å². The minimum absolute atomic E-state index is 0.0434. The maximum Gasteiger partial charge on any atom is 0.317 e. The van der Waals surface area contributed by atoms with Gasteiger partial charge in [-0.15, -0.1) is 0 Å². The van der Waals surface area contributed by atoms with Crippen molar-refractivity contribution in [1.82, 2.24) is 16.0 Å². The number of carbonyl (C=O) groups is 3. The lowest BCUT2D eigenvalue weighted by Crippen LogP contribution is -2.56. The van der Waals surface area contributed by atoms with E-state index in [4.69, 9.17) is 16.2 Å². The summed E-state index contributed by atoms with van der Waals surface area (Å²) in [5.74, 6) is -2.71. The van der Waals surface area contributed by atoms with E-state index in [1.165, 1.54) is 0 Å². The van der Waals surface area contributed by atoms with Crippen LogP contribution in [0.5, 0.6) is 0 Å². The van der Waals surface area contributed by atoms with Gasteiger partial charge in [0.15, 0.2) is 0 Å². The Balaban J connectivity index is 1.94. The highest BCUT2D eigenvalue weighted by Gasteiger charge is 2.34. The molecule has 9 heteroatoms. The number of nitrogens with one attached hydrogen (secondary N) is 4. The van der Waals surface area contributed by atoms with E-state index in [-0.39, 0.29) is 24.8 Å².